The third kappa shape index (κ3) is 3.11. The van der Waals surface area contributed by atoms with Crippen molar-refractivity contribution in [2.24, 2.45) is 0 Å². The summed E-state index contributed by atoms with van der Waals surface area (Å²) < 4.78 is 0. The number of anilines is 1. The Morgan fingerprint density at radius 2 is 1.74 bits per heavy atom. The number of hydrogen-bond acceptors (Lipinski definition) is 3. The lowest BCUT2D eigenvalue weighted by atomic mass is 10.1. The molecule has 2 aromatic rings. The van der Waals surface area contributed by atoms with Crippen LogP contribution in [0.1, 0.15) is 20.7 Å². The van der Waals surface area contributed by atoms with Crippen LogP contribution in [0.5, 0.6) is 0 Å². The molecule has 0 heterocycles. The fourth-order valence-corrected chi connectivity index (χ4v) is 1.75. The molecule has 0 unspecified atom stereocenters. The Balaban J connectivity index is 2.29. The highest BCUT2D eigenvalue weighted by molar-refractivity contribution is 6.31. The van der Waals surface area contributed by atoms with Gasteiger partial charge < -0.3 is 15.2 Å². The van der Waals surface area contributed by atoms with E-state index in [1.54, 1.807) is 30.3 Å². The number of benzene rings is 2. The molecule has 0 aliphatic carbocycles. The van der Waals surface area contributed by atoms with Crippen molar-refractivity contribution in [3.8, 4) is 0 Å². The van der Waals surface area contributed by atoms with Crippen molar-refractivity contribution in [3.05, 3.63) is 64.7 Å². The fourth-order valence-electron chi connectivity index (χ4n) is 1.58. The molecule has 0 radical (unpaired) electrons. The molecule has 4 nitrogen and oxygen atoms in total. The van der Waals surface area contributed by atoms with Gasteiger partial charge in [0.1, 0.15) is 0 Å². The molecular formula is C14H9ClNO3-. The quantitative estimate of drug-likeness (QED) is 0.930. The lowest BCUT2D eigenvalue weighted by molar-refractivity contribution is -0.254. The fraction of sp³-hybridized carbons (Fsp3) is 0. The Hall–Kier alpha value is -2.33. The second-order valence-electron chi connectivity index (χ2n) is 3.80. The minimum atomic E-state index is -1.40. The largest absolute Gasteiger partial charge is 0.545 e. The molecule has 0 saturated heterocycles. The lowest BCUT2D eigenvalue weighted by Gasteiger charge is -2.12. The predicted molar refractivity (Wildman–Crippen MR) is 70.2 cm³/mol. The molecule has 0 atom stereocenters. The number of aromatic carboxylic acids is 1. The highest BCUT2D eigenvalue weighted by Gasteiger charge is 2.09. The number of rotatable bonds is 3. The van der Waals surface area contributed by atoms with Crippen molar-refractivity contribution in [1.82, 2.24) is 0 Å². The van der Waals surface area contributed by atoms with E-state index in [1.165, 1.54) is 18.2 Å². The molecule has 0 aliphatic rings. The minimum Gasteiger partial charge on any atom is -0.545 e. The van der Waals surface area contributed by atoms with Crippen LogP contribution in [0, 0.1) is 0 Å². The van der Waals surface area contributed by atoms with E-state index in [4.69, 9.17) is 11.6 Å². The van der Waals surface area contributed by atoms with Crippen LogP contribution >= 0.6 is 11.6 Å². The van der Waals surface area contributed by atoms with Gasteiger partial charge in [0.05, 0.1) is 11.7 Å². The molecule has 1 amide bonds. The van der Waals surface area contributed by atoms with Crippen molar-refractivity contribution >= 4 is 29.2 Å². The van der Waals surface area contributed by atoms with Gasteiger partial charge in [-0.05, 0) is 30.3 Å². The van der Waals surface area contributed by atoms with Crippen LogP contribution < -0.4 is 10.4 Å². The maximum absolute atomic E-state index is 11.9. The lowest BCUT2D eigenvalue weighted by Crippen LogP contribution is -2.24. The van der Waals surface area contributed by atoms with Crippen LogP contribution in [0.3, 0.4) is 0 Å². The molecule has 1 N–H and O–H groups in total. The van der Waals surface area contributed by atoms with Gasteiger partial charge in [-0.25, -0.2) is 0 Å². The maximum Gasteiger partial charge on any atom is 0.255 e. The van der Waals surface area contributed by atoms with E-state index >= 15 is 0 Å². The molecule has 0 aromatic heterocycles. The molecule has 19 heavy (non-hydrogen) atoms. The summed E-state index contributed by atoms with van der Waals surface area (Å²) in [7, 11) is 0. The molecule has 0 saturated carbocycles. The Bertz CT molecular complexity index is 626. The van der Waals surface area contributed by atoms with E-state index in [-0.39, 0.29) is 16.3 Å². The third-order valence-electron chi connectivity index (χ3n) is 2.49. The first-order valence-corrected chi connectivity index (χ1v) is 5.83. The first-order valence-electron chi connectivity index (χ1n) is 5.45. The van der Waals surface area contributed by atoms with E-state index in [2.05, 4.69) is 5.32 Å². The Morgan fingerprint density at radius 1 is 1.05 bits per heavy atom. The molecule has 96 valence electrons. The Morgan fingerprint density at radius 3 is 2.37 bits per heavy atom. The SMILES string of the molecule is O=C(Nc1ccc(Cl)cc1C(=O)[O-])c1ccccc1. The predicted octanol–water partition coefficient (Wildman–Crippen LogP) is 1.96. The number of nitrogens with one attached hydrogen (secondary N) is 1. The van der Waals surface area contributed by atoms with Gasteiger partial charge in [-0.3, -0.25) is 4.79 Å². The summed E-state index contributed by atoms with van der Waals surface area (Å²) in [5, 5.41) is 13.7. The standard InChI is InChI=1S/C14H10ClNO3/c15-10-6-7-12(11(8-10)14(18)19)16-13(17)9-4-2-1-3-5-9/h1-8H,(H,16,17)(H,18,19)/p-1. The van der Waals surface area contributed by atoms with Crippen LogP contribution in [-0.2, 0) is 0 Å². The Kier molecular flexibility index (Phi) is 3.82. The number of carboxylic acids is 1. The van der Waals surface area contributed by atoms with Gasteiger partial charge >= 0.3 is 0 Å². The zero-order valence-electron chi connectivity index (χ0n) is 9.72. The Labute approximate surface area is 114 Å². The molecular weight excluding hydrogens is 266 g/mol. The van der Waals surface area contributed by atoms with Crippen LogP contribution in [-0.4, -0.2) is 11.9 Å². The van der Waals surface area contributed by atoms with Crippen LogP contribution in [0.2, 0.25) is 5.02 Å². The normalized spacial score (nSPS) is 9.95. The van der Waals surface area contributed by atoms with Crippen LogP contribution in [0.4, 0.5) is 5.69 Å². The number of hydrogen-bond donors (Lipinski definition) is 1. The van der Waals surface area contributed by atoms with Gasteiger partial charge in [-0.15, -0.1) is 0 Å². The number of carboxylic acid groups (broad SMARTS) is 1. The number of carbonyl (C=O) groups is 2. The van der Waals surface area contributed by atoms with Crippen molar-refractivity contribution in [1.29, 1.82) is 0 Å². The van der Waals surface area contributed by atoms with Crippen LogP contribution in [0.15, 0.2) is 48.5 Å². The van der Waals surface area contributed by atoms with Crippen molar-refractivity contribution in [3.63, 3.8) is 0 Å². The monoisotopic (exact) mass is 274 g/mol. The van der Waals surface area contributed by atoms with E-state index < -0.39 is 11.9 Å². The summed E-state index contributed by atoms with van der Waals surface area (Å²) >= 11 is 5.71. The molecule has 0 fully saturated rings. The van der Waals surface area contributed by atoms with Crippen molar-refractivity contribution < 1.29 is 14.7 Å². The maximum atomic E-state index is 11.9. The molecule has 2 aromatic carbocycles. The van der Waals surface area contributed by atoms with Gasteiger partial charge in [0.25, 0.3) is 5.91 Å². The van der Waals surface area contributed by atoms with E-state index in [0.717, 1.165) is 0 Å². The van der Waals surface area contributed by atoms with Gasteiger partial charge in [-0.2, -0.15) is 0 Å². The average Bonchev–Trinajstić information content (AvgIpc) is 2.41. The van der Waals surface area contributed by atoms with Crippen molar-refractivity contribution in [2.75, 3.05) is 5.32 Å². The smallest absolute Gasteiger partial charge is 0.255 e. The summed E-state index contributed by atoms with van der Waals surface area (Å²) in [6.07, 6.45) is 0. The summed E-state index contributed by atoms with van der Waals surface area (Å²) in [4.78, 5) is 22.9. The van der Waals surface area contributed by atoms with E-state index in [9.17, 15) is 14.7 Å². The van der Waals surface area contributed by atoms with Gasteiger partial charge in [0.15, 0.2) is 0 Å². The number of halogens is 1. The second kappa shape index (κ2) is 5.54. The summed E-state index contributed by atoms with van der Waals surface area (Å²) in [5.74, 6) is -1.80. The summed E-state index contributed by atoms with van der Waals surface area (Å²) in [6.45, 7) is 0. The third-order valence-corrected chi connectivity index (χ3v) is 2.72. The zero-order valence-corrected chi connectivity index (χ0v) is 10.5. The minimum absolute atomic E-state index is 0.151. The molecule has 5 heteroatoms. The second-order valence-corrected chi connectivity index (χ2v) is 4.23. The first-order chi connectivity index (χ1) is 9.08. The number of carbonyl (C=O) groups excluding carboxylic acids is 2. The van der Waals surface area contributed by atoms with E-state index in [0.29, 0.717) is 5.56 Å². The van der Waals surface area contributed by atoms with Crippen LogP contribution in [0.25, 0.3) is 0 Å². The first kappa shape index (κ1) is 13.1. The van der Waals surface area contributed by atoms with Gasteiger partial charge in [0, 0.05) is 16.1 Å². The summed E-state index contributed by atoms with van der Waals surface area (Å²) in [6, 6.07) is 12.6. The average molecular weight is 275 g/mol. The topological polar surface area (TPSA) is 69.2 Å². The van der Waals surface area contributed by atoms with Gasteiger partial charge in [-0.1, -0.05) is 29.8 Å². The van der Waals surface area contributed by atoms with Crippen molar-refractivity contribution in [2.45, 2.75) is 0 Å². The highest BCUT2D eigenvalue weighted by Crippen LogP contribution is 2.20. The highest BCUT2D eigenvalue weighted by atomic mass is 35.5. The molecule has 0 spiro atoms. The zero-order chi connectivity index (χ0) is 13.8. The van der Waals surface area contributed by atoms with E-state index in [1.807, 2.05) is 0 Å². The summed E-state index contributed by atoms with van der Waals surface area (Å²) in [5.41, 5.74) is 0.428. The van der Waals surface area contributed by atoms with Gasteiger partial charge in [0.2, 0.25) is 0 Å². The molecule has 0 aliphatic heterocycles. The molecule has 2 rings (SSSR count). The number of amides is 1. The molecule has 0 bridgehead atoms.